The topological polar surface area (TPSA) is 91.3 Å². The number of aromatic amines is 1. The first-order valence-electron chi connectivity index (χ1n) is 5.48. The Bertz CT molecular complexity index is 439. The summed E-state index contributed by atoms with van der Waals surface area (Å²) in [5.74, 6) is -0.344. The van der Waals surface area contributed by atoms with E-state index in [1.807, 2.05) is 6.92 Å². The van der Waals surface area contributed by atoms with E-state index < -0.39 is 4.92 Å². The number of carbonyl (C=O) groups is 1. The molecule has 0 aromatic carbocycles. The molecule has 0 bridgehead atoms. The zero-order valence-corrected chi connectivity index (χ0v) is 9.47. The van der Waals surface area contributed by atoms with Gasteiger partial charge in [0.15, 0.2) is 5.69 Å². The van der Waals surface area contributed by atoms with E-state index >= 15 is 0 Å². The molecule has 0 radical (unpaired) electrons. The fraction of sp³-hybridized carbons (Fsp3) is 0.500. The summed E-state index contributed by atoms with van der Waals surface area (Å²) < 4.78 is 0. The van der Waals surface area contributed by atoms with Crippen LogP contribution in [0.4, 0.5) is 5.82 Å². The molecule has 0 spiro atoms. The van der Waals surface area contributed by atoms with Crippen LogP contribution in [0.15, 0.2) is 12.1 Å². The number of carbonyl (C=O) groups excluding carboxylic acids is 1. The first-order chi connectivity index (χ1) is 8.13. The lowest BCUT2D eigenvalue weighted by atomic mass is 10.1. The number of likely N-dealkylation sites (N-methyl/N-ethyl adjacent to an activating group) is 1. The summed E-state index contributed by atoms with van der Waals surface area (Å²) in [5, 5.41) is 13.6. The Morgan fingerprint density at radius 3 is 2.71 bits per heavy atom. The Morgan fingerprint density at radius 2 is 2.29 bits per heavy atom. The molecule has 7 heteroatoms. The standard InChI is InChI=1S/C10H14N4O3/c1-2-13(7-5-11-6-7)10(15)8-3-4-9(12-8)14(16)17/h3-4,7,11-12H,2,5-6H2,1H3. The van der Waals surface area contributed by atoms with Gasteiger partial charge in [-0.1, -0.05) is 0 Å². The Hall–Kier alpha value is -1.89. The van der Waals surface area contributed by atoms with Crippen molar-refractivity contribution < 1.29 is 9.72 Å². The Balaban J connectivity index is 2.13. The molecule has 2 heterocycles. The van der Waals surface area contributed by atoms with Crippen LogP contribution >= 0.6 is 0 Å². The fourth-order valence-electron chi connectivity index (χ4n) is 1.83. The van der Waals surface area contributed by atoms with Crippen LogP contribution < -0.4 is 5.32 Å². The first kappa shape index (κ1) is 11.6. The number of H-pyrrole nitrogens is 1. The molecular weight excluding hydrogens is 224 g/mol. The Labute approximate surface area is 97.9 Å². The maximum atomic E-state index is 12.1. The second-order valence-electron chi connectivity index (χ2n) is 3.92. The minimum absolute atomic E-state index is 0.156. The summed E-state index contributed by atoms with van der Waals surface area (Å²) in [5.41, 5.74) is 0.269. The molecule has 1 aromatic rings. The lowest BCUT2D eigenvalue weighted by Gasteiger charge is -2.36. The monoisotopic (exact) mass is 238 g/mol. The van der Waals surface area contributed by atoms with Gasteiger partial charge < -0.3 is 20.3 Å². The third-order valence-electron chi connectivity index (χ3n) is 2.90. The average Bonchev–Trinajstić information content (AvgIpc) is 2.71. The van der Waals surface area contributed by atoms with Gasteiger partial charge in [0.2, 0.25) is 0 Å². The highest BCUT2D eigenvalue weighted by atomic mass is 16.6. The average molecular weight is 238 g/mol. The predicted octanol–water partition coefficient (Wildman–Crippen LogP) is 0.357. The van der Waals surface area contributed by atoms with Crippen molar-refractivity contribution >= 4 is 11.7 Å². The van der Waals surface area contributed by atoms with E-state index in [0.29, 0.717) is 6.54 Å². The number of hydrogen-bond acceptors (Lipinski definition) is 4. The van der Waals surface area contributed by atoms with Crippen molar-refractivity contribution in [3.63, 3.8) is 0 Å². The van der Waals surface area contributed by atoms with Crippen LogP contribution in [0.3, 0.4) is 0 Å². The summed E-state index contributed by atoms with van der Waals surface area (Å²) >= 11 is 0. The van der Waals surface area contributed by atoms with Crippen molar-refractivity contribution in [2.75, 3.05) is 19.6 Å². The molecule has 0 aliphatic carbocycles. The van der Waals surface area contributed by atoms with Crippen LogP contribution in [-0.2, 0) is 0 Å². The highest BCUT2D eigenvalue weighted by Gasteiger charge is 2.30. The van der Waals surface area contributed by atoms with E-state index in [1.165, 1.54) is 12.1 Å². The molecule has 2 rings (SSSR count). The molecule has 0 saturated carbocycles. The van der Waals surface area contributed by atoms with Gasteiger partial charge in [-0.2, -0.15) is 0 Å². The smallest absolute Gasteiger partial charge is 0.321 e. The van der Waals surface area contributed by atoms with Gasteiger partial charge in [0.05, 0.1) is 6.04 Å². The molecule has 1 amide bonds. The molecular formula is C10H14N4O3. The molecule has 17 heavy (non-hydrogen) atoms. The molecule has 7 nitrogen and oxygen atoms in total. The lowest BCUT2D eigenvalue weighted by molar-refractivity contribution is -0.389. The summed E-state index contributed by atoms with van der Waals surface area (Å²) in [7, 11) is 0. The van der Waals surface area contributed by atoms with E-state index in [2.05, 4.69) is 10.3 Å². The molecule has 2 N–H and O–H groups in total. The summed E-state index contributed by atoms with van der Waals surface area (Å²) in [6, 6.07) is 2.95. The maximum absolute atomic E-state index is 12.1. The second kappa shape index (κ2) is 4.54. The summed E-state index contributed by atoms with van der Waals surface area (Å²) in [6.45, 7) is 4.05. The number of amides is 1. The zero-order chi connectivity index (χ0) is 12.4. The molecule has 1 fully saturated rings. The van der Waals surface area contributed by atoms with Gasteiger partial charge in [-0.15, -0.1) is 0 Å². The number of aromatic nitrogens is 1. The SMILES string of the molecule is CCN(C(=O)c1ccc([N+](=O)[O-])[nH]1)C1CNC1. The van der Waals surface area contributed by atoms with E-state index in [1.54, 1.807) is 4.90 Å². The van der Waals surface area contributed by atoms with Crippen LogP contribution in [-0.4, -0.2) is 46.4 Å². The van der Waals surface area contributed by atoms with Crippen LogP contribution in [0, 0.1) is 10.1 Å². The van der Waals surface area contributed by atoms with E-state index in [0.717, 1.165) is 13.1 Å². The number of nitro groups is 1. The third-order valence-corrected chi connectivity index (χ3v) is 2.90. The number of hydrogen-bond donors (Lipinski definition) is 2. The zero-order valence-electron chi connectivity index (χ0n) is 9.47. The Kier molecular flexibility index (Phi) is 3.10. The maximum Gasteiger partial charge on any atom is 0.321 e. The molecule has 0 atom stereocenters. The minimum Gasteiger partial charge on any atom is -0.358 e. The van der Waals surface area contributed by atoms with Crippen LogP contribution in [0.1, 0.15) is 17.4 Å². The fourth-order valence-corrected chi connectivity index (χ4v) is 1.83. The van der Waals surface area contributed by atoms with Crippen molar-refractivity contribution in [1.29, 1.82) is 0 Å². The normalized spacial score (nSPS) is 15.4. The quantitative estimate of drug-likeness (QED) is 0.585. The van der Waals surface area contributed by atoms with Crippen LogP contribution in [0.25, 0.3) is 0 Å². The van der Waals surface area contributed by atoms with Gasteiger partial charge in [-0.25, -0.2) is 4.98 Å². The van der Waals surface area contributed by atoms with Gasteiger partial charge in [-0.3, -0.25) is 4.79 Å². The number of nitrogens with one attached hydrogen (secondary N) is 2. The van der Waals surface area contributed by atoms with Crippen molar-refractivity contribution in [3.05, 3.63) is 27.9 Å². The van der Waals surface area contributed by atoms with E-state index in [9.17, 15) is 14.9 Å². The molecule has 1 saturated heterocycles. The van der Waals surface area contributed by atoms with E-state index in [4.69, 9.17) is 0 Å². The molecule has 92 valence electrons. The largest absolute Gasteiger partial charge is 0.358 e. The second-order valence-corrected chi connectivity index (χ2v) is 3.92. The molecule has 1 aromatic heterocycles. The molecule has 1 aliphatic heterocycles. The third kappa shape index (κ3) is 2.14. The van der Waals surface area contributed by atoms with Crippen LogP contribution in [0.5, 0.6) is 0 Å². The number of rotatable bonds is 4. The number of nitrogens with zero attached hydrogens (tertiary/aromatic N) is 2. The van der Waals surface area contributed by atoms with Gasteiger partial charge in [0.25, 0.3) is 5.91 Å². The highest BCUT2D eigenvalue weighted by Crippen LogP contribution is 2.14. The van der Waals surface area contributed by atoms with E-state index in [-0.39, 0.29) is 23.5 Å². The van der Waals surface area contributed by atoms with Crippen LogP contribution in [0.2, 0.25) is 0 Å². The van der Waals surface area contributed by atoms with Gasteiger partial charge >= 0.3 is 5.82 Å². The van der Waals surface area contributed by atoms with Gasteiger partial charge in [0, 0.05) is 25.7 Å². The van der Waals surface area contributed by atoms with Crippen molar-refractivity contribution in [3.8, 4) is 0 Å². The summed E-state index contributed by atoms with van der Waals surface area (Å²) in [6.07, 6.45) is 0. The minimum atomic E-state index is -0.544. The van der Waals surface area contributed by atoms with Crippen molar-refractivity contribution in [2.24, 2.45) is 0 Å². The lowest BCUT2D eigenvalue weighted by Crippen LogP contribution is -2.58. The summed E-state index contributed by atoms with van der Waals surface area (Å²) in [4.78, 5) is 26.3. The predicted molar refractivity (Wildman–Crippen MR) is 60.8 cm³/mol. The van der Waals surface area contributed by atoms with Gasteiger partial charge in [-0.05, 0) is 17.9 Å². The van der Waals surface area contributed by atoms with Gasteiger partial charge in [0.1, 0.15) is 0 Å². The molecule has 1 aliphatic rings. The van der Waals surface area contributed by atoms with Crippen molar-refractivity contribution in [1.82, 2.24) is 15.2 Å². The Morgan fingerprint density at radius 1 is 1.59 bits per heavy atom. The highest BCUT2D eigenvalue weighted by molar-refractivity contribution is 5.93. The molecule has 0 unspecified atom stereocenters. The van der Waals surface area contributed by atoms with Crippen molar-refractivity contribution in [2.45, 2.75) is 13.0 Å². The first-order valence-corrected chi connectivity index (χ1v) is 5.48.